The summed E-state index contributed by atoms with van der Waals surface area (Å²) in [6, 6.07) is 14.2. The maximum atomic E-state index is 10.6. The van der Waals surface area contributed by atoms with Gasteiger partial charge in [0.1, 0.15) is 6.92 Å². The minimum atomic E-state index is -0.333. The monoisotopic (exact) mass is 215 g/mol. The predicted octanol–water partition coefficient (Wildman–Crippen LogP) is 2.41. The van der Waals surface area contributed by atoms with Crippen LogP contribution in [-0.2, 0) is 16.2 Å². The highest BCUT2D eigenvalue weighted by Gasteiger charge is 2.07. The number of hydroxylamine groups is 1. The maximum Gasteiger partial charge on any atom is 0.594 e. The Balaban J connectivity index is 2.20. The smallest absolute Gasteiger partial charge is 0.199 e. The molecule has 16 heavy (non-hydrogen) atoms. The molecule has 0 aromatic heterocycles. The zero-order valence-corrected chi connectivity index (χ0v) is 9.07. The van der Waals surface area contributed by atoms with E-state index >= 15 is 0 Å². The molecule has 0 saturated heterocycles. The Kier molecular flexibility index (Phi) is 3.17. The first-order chi connectivity index (χ1) is 7.77. The summed E-state index contributed by atoms with van der Waals surface area (Å²) in [4.78, 5) is 15.3. The molecule has 0 bridgehead atoms. The molecule has 81 valence electrons. The van der Waals surface area contributed by atoms with E-state index in [-0.39, 0.29) is 5.97 Å². The number of rotatable bonds is 3. The molecule has 2 rings (SSSR count). The van der Waals surface area contributed by atoms with E-state index in [1.807, 2.05) is 24.3 Å². The number of carbonyl (C=O) groups is 1. The van der Waals surface area contributed by atoms with Gasteiger partial charge in [-0.1, -0.05) is 42.5 Å². The van der Waals surface area contributed by atoms with Crippen molar-refractivity contribution in [2.24, 2.45) is 0 Å². The van der Waals surface area contributed by atoms with Gasteiger partial charge in [0, 0.05) is 0 Å². The van der Waals surface area contributed by atoms with Crippen LogP contribution in [0.25, 0.3) is 10.8 Å². The lowest BCUT2D eigenvalue weighted by Crippen LogP contribution is -2.17. The summed E-state index contributed by atoms with van der Waals surface area (Å²) in [7, 11) is 0. The molecule has 2 aromatic carbocycles. The van der Waals surface area contributed by atoms with Crippen molar-refractivity contribution in [2.75, 3.05) is 0 Å². The molecule has 2 aromatic rings. The molecule has 1 N–H and O–H groups in total. The Morgan fingerprint density at radius 3 is 2.75 bits per heavy atom. The van der Waals surface area contributed by atoms with Crippen LogP contribution in [0.3, 0.4) is 0 Å². The molecule has 1 radical (unpaired) electrons. The lowest BCUT2D eigenvalue weighted by atomic mass is 10.1. The first-order valence-corrected chi connectivity index (χ1v) is 5.14. The summed E-state index contributed by atoms with van der Waals surface area (Å²) >= 11 is 0. The summed E-state index contributed by atoms with van der Waals surface area (Å²) < 4.78 is 0. The first kappa shape index (κ1) is 10.6. The normalized spacial score (nSPS) is 10.3. The van der Waals surface area contributed by atoms with Crippen LogP contribution in [-0.4, -0.2) is 5.97 Å². The number of carbonyl (C=O) groups excluding carboxylic acids is 1. The zero-order chi connectivity index (χ0) is 11.4. The molecule has 0 aliphatic rings. The molecular formula is C13H13NO2+. The van der Waals surface area contributed by atoms with E-state index in [0.717, 1.165) is 5.56 Å². The van der Waals surface area contributed by atoms with Crippen molar-refractivity contribution in [3.63, 3.8) is 0 Å². The highest BCUT2D eigenvalue weighted by atomic mass is 16.7. The second-order valence-corrected chi connectivity index (χ2v) is 3.55. The number of hydrogen-bond acceptors (Lipinski definition) is 3. The second-order valence-electron chi connectivity index (χ2n) is 3.55. The summed E-state index contributed by atoms with van der Waals surface area (Å²) in [5.41, 5.74) is 3.75. The molecule has 0 fully saturated rings. The Morgan fingerprint density at radius 1 is 1.19 bits per heavy atom. The number of hydrogen-bond donors (Lipinski definition) is 1. The van der Waals surface area contributed by atoms with Crippen LogP contribution in [0.1, 0.15) is 12.5 Å². The molecular weight excluding hydrogens is 202 g/mol. The highest BCUT2D eigenvalue weighted by Crippen LogP contribution is 2.17. The quantitative estimate of drug-likeness (QED) is 0.631. The van der Waals surface area contributed by atoms with Crippen molar-refractivity contribution in [1.82, 2.24) is 5.48 Å². The number of nitrogens with one attached hydrogen (secondary N) is 1. The Morgan fingerprint density at radius 2 is 1.94 bits per heavy atom. The van der Waals surface area contributed by atoms with Crippen LogP contribution in [0.4, 0.5) is 0 Å². The minimum Gasteiger partial charge on any atom is -0.199 e. The van der Waals surface area contributed by atoms with Crippen LogP contribution >= 0.6 is 0 Å². The average Bonchev–Trinajstić information content (AvgIpc) is 2.29. The highest BCUT2D eigenvalue weighted by molar-refractivity contribution is 5.85. The SMILES string of the molecule is CC(=[O+])ONCc1cccc2ccccc12. The fourth-order valence-electron chi connectivity index (χ4n) is 1.66. The first-order valence-electron chi connectivity index (χ1n) is 5.14. The van der Waals surface area contributed by atoms with Crippen molar-refractivity contribution in [3.05, 3.63) is 48.0 Å². The van der Waals surface area contributed by atoms with Gasteiger partial charge in [-0.25, -0.2) is 0 Å². The van der Waals surface area contributed by atoms with Gasteiger partial charge in [0.15, 0.2) is 0 Å². The summed E-state index contributed by atoms with van der Waals surface area (Å²) in [5, 5.41) is 2.36. The van der Waals surface area contributed by atoms with E-state index in [1.54, 1.807) is 0 Å². The van der Waals surface area contributed by atoms with Crippen LogP contribution in [0.15, 0.2) is 42.5 Å². The van der Waals surface area contributed by atoms with Crippen LogP contribution < -0.4 is 5.48 Å². The molecule has 0 aliphatic carbocycles. The molecule has 0 saturated carbocycles. The third kappa shape index (κ3) is 2.38. The van der Waals surface area contributed by atoms with E-state index in [1.165, 1.54) is 17.7 Å². The topological polar surface area (TPSA) is 41.2 Å². The second kappa shape index (κ2) is 4.77. The van der Waals surface area contributed by atoms with E-state index < -0.39 is 0 Å². The largest absolute Gasteiger partial charge is 0.594 e. The summed E-state index contributed by atoms with van der Waals surface area (Å²) in [6.45, 7) is 1.89. The van der Waals surface area contributed by atoms with Gasteiger partial charge in [0.2, 0.25) is 0 Å². The van der Waals surface area contributed by atoms with Crippen molar-refractivity contribution < 1.29 is 9.63 Å². The van der Waals surface area contributed by atoms with E-state index in [9.17, 15) is 4.79 Å². The standard InChI is InChI=1S/C13H13NO2/c1-10(15)16-14-9-12-7-4-6-11-5-2-3-8-13(11)12/h2-8,14H,9H2,1H3/q+1. The van der Waals surface area contributed by atoms with Gasteiger partial charge in [0.25, 0.3) is 0 Å². The summed E-state index contributed by atoms with van der Waals surface area (Å²) in [5.74, 6) is -0.333. The molecule has 0 amide bonds. The predicted molar refractivity (Wildman–Crippen MR) is 62.6 cm³/mol. The molecule has 0 unspecified atom stereocenters. The maximum absolute atomic E-state index is 10.6. The van der Waals surface area contributed by atoms with Crippen LogP contribution in [0, 0.1) is 0 Å². The van der Waals surface area contributed by atoms with Gasteiger partial charge in [-0.2, -0.15) is 4.84 Å². The lowest BCUT2D eigenvalue weighted by Gasteiger charge is -2.03. The van der Waals surface area contributed by atoms with Crippen molar-refractivity contribution >= 4 is 16.7 Å². The van der Waals surface area contributed by atoms with Gasteiger partial charge in [-0.3, -0.25) is 0 Å². The summed E-state index contributed by atoms with van der Waals surface area (Å²) in [6.07, 6.45) is 0. The zero-order valence-electron chi connectivity index (χ0n) is 9.07. The number of benzene rings is 2. The lowest BCUT2D eigenvalue weighted by molar-refractivity contribution is -0.148. The van der Waals surface area contributed by atoms with Gasteiger partial charge >= 0.3 is 5.97 Å². The number of fused-ring (bicyclic) bond motifs is 1. The fraction of sp³-hybridized carbons (Fsp3) is 0.154. The molecule has 0 heterocycles. The van der Waals surface area contributed by atoms with Gasteiger partial charge in [-0.05, 0) is 21.8 Å². The third-order valence-electron chi connectivity index (χ3n) is 2.36. The van der Waals surface area contributed by atoms with Crippen molar-refractivity contribution in [1.29, 1.82) is 0 Å². The Bertz CT molecular complexity index is 503. The van der Waals surface area contributed by atoms with Gasteiger partial charge in [-0.15, -0.1) is 0 Å². The van der Waals surface area contributed by atoms with E-state index in [0.29, 0.717) is 6.54 Å². The van der Waals surface area contributed by atoms with E-state index in [2.05, 4.69) is 23.7 Å². The molecule has 0 aliphatic heterocycles. The molecule has 3 nitrogen and oxygen atoms in total. The van der Waals surface area contributed by atoms with Crippen molar-refractivity contribution in [3.8, 4) is 0 Å². The van der Waals surface area contributed by atoms with Crippen LogP contribution in [0.2, 0.25) is 0 Å². The van der Waals surface area contributed by atoms with Gasteiger partial charge < -0.3 is 0 Å². The molecule has 0 atom stereocenters. The van der Waals surface area contributed by atoms with Crippen LogP contribution in [0.5, 0.6) is 0 Å². The van der Waals surface area contributed by atoms with Gasteiger partial charge in [0.05, 0.1) is 11.3 Å². The van der Waals surface area contributed by atoms with E-state index in [4.69, 9.17) is 4.84 Å². The fourth-order valence-corrected chi connectivity index (χ4v) is 1.66. The Hall–Kier alpha value is -1.87. The van der Waals surface area contributed by atoms with Crippen molar-refractivity contribution in [2.45, 2.75) is 13.5 Å². The molecule has 3 heteroatoms. The Labute approximate surface area is 94.0 Å². The minimum absolute atomic E-state index is 0.333. The average molecular weight is 215 g/mol. The molecule has 0 spiro atoms. The third-order valence-corrected chi connectivity index (χ3v) is 2.36.